The number of nitrogens with zero attached hydrogens (tertiary/aromatic N) is 2. The summed E-state index contributed by atoms with van der Waals surface area (Å²) in [6.07, 6.45) is 0. The fourth-order valence-corrected chi connectivity index (χ4v) is 4.60. The van der Waals surface area contributed by atoms with Gasteiger partial charge in [0.05, 0.1) is 25.3 Å². The van der Waals surface area contributed by atoms with Gasteiger partial charge in [-0.1, -0.05) is 50.2 Å². The molecule has 1 unspecified atom stereocenters. The van der Waals surface area contributed by atoms with Crippen LogP contribution in [-0.4, -0.2) is 67.5 Å². The SMILES string of the molecule is COc1cc(C2/C(=C(\O)c3ccc(OCC(C)C)cc3)C(=O)C(=O)N2CCN(C)C)ccc1OCc1ccccc1. The Balaban J connectivity index is 1.71. The molecule has 41 heavy (non-hydrogen) atoms. The monoisotopic (exact) mass is 558 g/mol. The van der Waals surface area contributed by atoms with Gasteiger partial charge >= 0.3 is 0 Å². The van der Waals surface area contributed by atoms with Gasteiger partial charge in [-0.2, -0.15) is 0 Å². The smallest absolute Gasteiger partial charge is 0.295 e. The number of amides is 1. The maximum absolute atomic E-state index is 13.4. The van der Waals surface area contributed by atoms with E-state index in [1.807, 2.05) is 49.3 Å². The second-order valence-electron chi connectivity index (χ2n) is 10.7. The number of methoxy groups -OCH3 is 1. The van der Waals surface area contributed by atoms with E-state index in [9.17, 15) is 14.7 Å². The Morgan fingerprint density at radius 3 is 2.29 bits per heavy atom. The number of hydrogen-bond donors (Lipinski definition) is 1. The molecule has 0 saturated carbocycles. The molecular formula is C33H38N2O6. The Morgan fingerprint density at radius 2 is 1.66 bits per heavy atom. The maximum Gasteiger partial charge on any atom is 0.295 e. The van der Waals surface area contributed by atoms with Crippen molar-refractivity contribution in [3.8, 4) is 17.2 Å². The first-order valence-electron chi connectivity index (χ1n) is 13.7. The number of likely N-dealkylation sites (tertiary alicyclic amines) is 1. The van der Waals surface area contributed by atoms with E-state index < -0.39 is 17.7 Å². The number of carbonyl (C=O) groups excluding carboxylic acids is 2. The molecule has 1 atom stereocenters. The maximum atomic E-state index is 13.4. The first-order chi connectivity index (χ1) is 19.7. The topological polar surface area (TPSA) is 88.5 Å². The van der Waals surface area contributed by atoms with Crippen LogP contribution in [-0.2, 0) is 16.2 Å². The van der Waals surface area contributed by atoms with Crippen LogP contribution in [0.5, 0.6) is 17.2 Å². The van der Waals surface area contributed by atoms with Crippen LogP contribution < -0.4 is 14.2 Å². The Kier molecular flexibility index (Phi) is 9.68. The second kappa shape index (κ2) is 13.4. The van der Waals surface area contributed by atoms with Crippen molar-refractivity contribution in [2.45, 2.75) is 26.5 Å². The number of benzene rings is 3. The Bertz CT molecular complexity index is 1380. The zero-order chi connectivity index (χ0) is 29.5. The summed E-state index contributed by atoms with van der Waals surface area (Å²) >= 11 is 0. The standard InChI is InChI=1S/C33H38N2O6/c1-22(2)20-40-26-14-11-24(12-15-26)31(36)29-30(35(18-17-34(3)4)33(38)32(29)37)25-13-16-27(28(19-25)39-5)41-21-23-9-7-6-8-10-23/h6-16,19,22,30,36H,17-18,20-21H2,1-5H3/b31-29+. The average Bonchev–Trinajstić information content (AvgIpc) is 3.23. The molecule has 1 saturated heterocycles. The van der Waals surface area contributed by atoms with Gasteiger partial charge < -0.3 is 29.1 Å². The van der Waals surface area contributed by atoms with E-state index >= 15 is 0 Å². The van der Waals surface area contributed by atoms with Crippen LogP contribution in [0.15, 0.2) is 78.4 Å². The van der Waals surface area contributed by atoms with Crippen molar-refractivity contribution in [2.75, 3.05) is 40.9 Å². The third-order valence-corrected chi connectivity index (χ3v) is 6.78. The number of aliphatic hydroxyl groups excluding tert-OH is 1. The fourth-order valence-electron chi connectivity index (χ4n) is 4.60. The predicted octanol–water partition coefficient (Wildman–Crippen LogP) is 5.29. The highest BCUT2D eigenvalue weighted by Crippen LogP contribution is 2.42. The summed E-state index contributed by atoms with van der Waals surface area (Å²) in [6.45, 7) is 5.89. The van der Waals surface area contributed by atoms with Gasteiger partial charge in [-0.15, -0.1) is 0 Å². The normalized spacial score (nSPS) is 16.5. The van der Waals surface area contributed by atoms with Crippen LogP contribution in [0.25, 0.3) is 5.76 Å². The highest BCUT2D eigenvalue weighted by molar-refractivity contribution is 6.46. The minimum atomic E-state index is -0.802. The molecule has 1 amide bonds. The van der Waals surface area contributed by atoms with Crippen molar-refractivity contribution >= 4 is 17.4 Å². The van der Waals surface area contributed by atoms with Gasteiger partial charge in [-0.3, -0.25) is 9.59 Å². The van der Waals surface area contributed by atoms with Gasteiger partial charge in [-0.05, 0) is 67.5 Å². The largest absolute Gasteiger partial charge is 0.507 e. The summed E-state index contributed by atoms with van der Waals surface area (Å²) in [5.41, 5.74) is 2.10. The van der Waals surface area contributed by atoms with Crippen LogP contribution >= 0.6 is 0 Å². The number of carbonyl (C=O) groups is 2. The van der Waals surface area contributed by atoms with E-state index in [-0.39, 0.29) is 11.3 Å². The summed E-state index contributed by atoms with van der Waals surface area (Å²) in [6, 6.07) is 21.2. The van der Waals surface area contributed by atoms with E-state index in [1.165, 1.54) is 4.90 Å². The van der Waals surface area contributed by atoms with E-state index in [4.69, 9.17) is 14.2 Å². The molecule has 8 heteroatoms. The fraction of sp³-hybridized carbons (Fsp3) is 0.333. The molecule has 1 aliphatic rings. The molecular weight excluding hydrogens is 520 g/mol. The number of hydrogen-bond acceptors (Lipinski definition) is 7. The molecule has 3 aromatic rings. The van der Waals surface area contributed by atoms with Crippen molar-refractivity contribution < 1.29 is 28.9 Å². The summed E-state index contributed by atoms with van der Waals surface area (Å²) in [5.74, 6) is 0.404. The summed E-state index contributed by atoms with van der Waals surface area (Å²) in [5, 5.41) is 11.4. The van der Waals surface area contributed by atoms with E-state index in [0.717, 1.165) is 5.56 Å². The number of rotatable bonds is 12. The number of likely N-dealkylation sites (N-methyl/N-ethyl adjacent to an activating group) is 1. The summed E-state index contributed by atoms with van der Waals surface area (Å²) < 4.78 is 17.4. The third kappa shape index (κ3) is 7.08. The van der Waals surface area contributed by atoms with E-state index in [2.05, 4.69) is 13.8 Å². The van der Waals surface area contributed by atoms with E-state index in [0.29, 0.717) is 60.6 Å². The molecule has 0 bridgehead atoms. The highest BCUT2D eigenvalue weighted by Gasteiger charge is 2.46. The van der Waals surface area contributed by atoms with Crippen LogP contribution in [0.3, 0.4) is 0 Å². The molecule has 3 aromatic carbocycles. The van der Waals surface area contributed by atoms with Crippen LogP contribution in [0.4, 0.5) is 0 Å². The Hall–Kier alpha value is -4.30. The van der Waals surface area contributed by atoms with Crippen molar-refractivity contribution in [1.29, 1.82) is 0 Å². The van der Waals surface area contributed by atoms with Crippen LogP contribution in [0.2, 0.25) is 0 Å². The predicted molar refractivity (Wildman–Crippen MR) is 158 cm³/mol. The van der Waals surface area contributed by atoms with Gasteiger partial charge in [0.1, 0.15) is 18.1 Å². The minimum Gasteiger partial charge on any atom is -0.507 e. The van der Waals surface area contributed by atoms with Crippen LogP contribution in [0, 0.1) is 5.92 Å². The van der Waals surface area contributed by atoms with Crippen molar-refractivity contribution in [2.24, 2.45) is 5.92 Å². The molecule has 1 aliphatic heterocycles. The molecule has 0 radical (unpaired) electrons. The molecule has 1 fully saturated rings. The molecule has 1 N–H and O–H groups in total. The van der Waals surface area contributed by atoms with E-state index in [1.54, 1.807) is 49.6 Å². The van der Waals surface area contributed by atoms with Gasteiger partial charge in [0.15, 0.2) is 11.5 Å². The van der Waals surface area contributed by atoms with Gasteiger partial charge in [0.2, 0.25) is 0 Å². The molecule has 0 aromatic heterocycles. The molecule has 8 nitrogen and oxygen atoms in total. The molecule has 0 spiro atoms. The Morgan fingerprint density at radius 1 is 0.951 bits per heavy atom. The minimum absolute atomic E-state index is 0.0320. The number of ether oxygens (including phenoxy) is 3. The average molecular weight is 559 g/mol. The van der Waals surface area contributed by atoms with Crippen molar-refractivity contribution in [1.82, 2.24) is 9.80 Å². The third-order valence-electron chi connectivity index (χ3n) is 6.78. The van der Waals surface area contributed by atoms with Crippen molar-refractivity contribution in [3.63, 3.8) is 0 Å². The lowest BCUT2D eigenvalue weighted by Gasteiger charge is -2.27. The lowest BCUT2D eigenvalue weighted by molar-refractivity contribution is -0.140. The zero-order valence-electron chi connectivity index (χ0n) is 24.3. The summed E-state index contributed by atoms with van der Waals surface area (Å²) in [4.78, 5) is 30.1. The zero-order valence-corrected chi connectivity index (χ0v) is 24.3. The van der Waals surface area contributed by atoms with Crippen molar-refractivity contribution in [3.05, 3.63) is 95.1 Å². The lowest BCUT2D eigenvalue weighted by Crippen LogP contribution is -2.35. The molecule has 216 valence electrons. The lowest BCUT2D eigenvalue weighted by atomic mass is 9.95. The molecule has 0 aliphatic carbocycles. The van der Waals surface area contributed by atoms with Gasteiger partial charge in [0.25, 0.3) is 11.7 Å². The highest BCUT2D eigenvalue weighted by atomic mass is 16.5. The van der Waals surface area contributed by atoms with Gasteiger partial charge in [0, 0.05) is 18.7 Å². The number of aliphatic hydroxyl groups is 1. The molecule has 4 rings (SSSR count). The van der Waals surface area contributed by atoms with Gasteiger partial charge in [-0.25, -0.2) is 0 Å². The first-order valence-corrected chi connectivity index (χ1v) is 13.7. The Labute approximate surface area is 241 Å². The second-order valence-corrected chi connectivity index (χ2v) is 10.7. The summed E-state index contributed by atoms with van der Waals surface area (Å²) in [7, 11) is 5.34. The number of ketones is 1. The van der Waals surface area contributed by atoms with Crippen LogP contribution in [0.1, 0.15) is 36.6 Å². The quantitative estimate of drug-likeness (QED) is 0.184. The molecule has 1 heterocycles. The first kappa shape index (κ1) is 29.7. The number of Topliss-reactive ketones (excluding diaryl/α,β-unsaturated/α-hetero) is 1.